The van der Waals surface area contributed by atoms with Crippen LogP contribution in [0.5, 0.6) is 11.5 Å². The van der Waals surface area contributed by atoms with E-state index in [-0.39, 0.29) is 29.8 Å². The molecular formula is C25H32FN3O4. The summed E-state index contributed by atoms with van der Waals surface area (Å²) in [5.74, 6) is 1.33. The third kappa shape index (κ3) is 5.94. The van der Waals surface area contributed by atoms with E-state index in [1.807, 2.05) is 18.2 Å². The van der Waals surface area contributed by atoms with Crippen LogP contribution in [0.25, 0.3) is 0 Å². The van der Waals surface area contributed by atoms with Crippen LogP contribution in [0.4, 0.5) is 9.18 Å². The second-order valence-corrected chi connectivity index (χ2v) is 8.69. The largest absolute Gasteiger partial charge is 0.486 e. The number of hydrogen-bond acceptors (Lipinski definition) is 5. The molecule has 0 unspecified atom stereocenters. The van der Waals surface area contributed by atoms with Crippen molar-refractivity contribution in [3.63, 3.8) is 0 Å². The highest BCUT2D eigenvalue weighted by Crippen LogP contribution is 2.34. The third-order valence-electron chi connectivity index (χ3n) is 6.08. The number of amides is 2. The Labute approximate surface area is 194 Å². The average molecular weight is 458 g/mol. The van der Waals surface area contributed by atoms with Gasteiger partial charge in [0.2, 0.25) is 0 Å². The number of carbonyl (C=O) groups is 1. The zero-order chi connectivity index (χ0) is 23.2. The van der Waals surface area contributed by atoms with Gasteiger partial charge in [0.15, 0.2) is 11.5 Å². The van der Waals surface area contributed by atoms with Crippen LogP contribution in [0.3, 0.4) is 0 Å². The molecular weight excluding hydrogens is 425 g/mol. The van der Waals surface area contributed by atoms with Crippen molar-refractivity contribution in [3.05, 3.63) is 59.4 Å². The number of hydrogen-bond donors (Lipinski definition) is 2. The lowest BCUT2D eigenvalue weighted by Gasteiger charge is -2.35. The van der Waals surface area contributed by atoms with E-state index in [0.29, 0.717) is 38.7 Å². The summed E-state index contributed by atoms with van der Waals surface area (Å²) >= 11 is 0. The number of morpholine rings is 1. The quantitative estimate of drug-likeness (QED) is 0.664. The minimum Gasteiger partial charge on any atom is -0.486 e. The fourth-order valence-electron chi connectivity index (χ4n) is 4.30. The summed E-state index contributed by atoms with van der Waals surface area (Å²) in [5, 5.41) is 6.14. The number of carbonyl (C=O) groups excluding carboxylic acids is 1. The normalized spacial score (nSPS) is 17.9. The Hall–Kier alpha value is -2.84. The molecule has 33 heavy (non-hydrogen) atoms. The van der Waals surface area contributed by atoms with Gasteiger partial charge in [0.25, 0.3) is 0 Å². The highest BCUT2D eigenvalue weighted by atomic mass is 19.1. The van der Waals surface area contributed by atoms with E-state index >= 15 is 0 Å². The summed E-state index contributed by atoms with van der Waals surface area (Å²) < 4.78 is 30.3. The highest BCUT2D eigenvalue weighted by Gasteiger charge is 2.25. The first-order valence-electron chi connectivity index (χ1n) is 11.5. The number of ether oxygens (including phenoxy) is 3. The maximum atomic E-state index is 13.5. The van der Waals surface area contributed by atoms with E-state index in [0.717, 1.165) is 30.0 Å². The minimum atomic E-state index is -0.274. The van der Waals surface area contributed by atoms with E-state index in [9.17, 15) is 9.18 Å². The van der Waals surface area contributed by atoms with Gasteiger partial charge in [-0.3, -0.25) is 4.90 Å². The molecule has 0 bridgehead atoms. The van der Waals surface area contributed by atoms with Crippen LogP contribution in [0.1, 0.15) is 37.1 Å². The topological polar surface area (TPSA) is 72.1 Å². The van der Waals surface area contributed by atoms with Crippen LogP contribution in [0, 0.1) is 11.7 Å². The summed E-state index contributed by atoms with van der Waals surface area (Å²) in [6.07, 6.45) is 0. The molecule has 2 N–H and O–H groups in total. The van der Waals surface area contributed by atoms with Gasteiger partial charge in [0, 0.05) is 19.6 Å². The van der Waals surface area contributed by atoms with Gasteiger partial charge >= 0.3 is 6.03 Å². The number of benzene rings is 2. The molecule has 2 aromatic carbocycles. The van der Waals surface area contributed by atoms with Gasteiger partial charge in [-0.2, -0.15) is 0 Å². The maximum Gasteiger partial charge on any atom is 0.315 e. The lowest BCUT2D eigenvalue weighted by atomic mass is 9.95. The molecule has 1 saturated heterocycles. The van der Waals surface area contributed by atoms with E-state index < -0.39 is 0 Å². The van der Waals surface area contributed by atoms with Gasteiger partial charge < -0.3 is 24.8 Å². The summed E-state index contributed by atoms with van der Waals surface area (Å²) in [6, 6.07) is 11.8. The summed E-state index contributed by atoms with van der Waals surface area (Å²) in [5.41, 5.74) is 1.93. The van der Waals surface area contributed by atoms with Crippen molar-refractivity contribution in [2.45, 2.75) is 25.9 Å². The fraction of sp³-hybridized carbons (Fsp3) is 0.480. The highest BCUT2D eigenvalue weighted by molar-refractivity contribution is 5.74. The number of urea groups is 1. The molecule has 0 aliphatic carbocycles. The molecule has 2 atom stereocenters. The first-order valence-corrected chi connectivity index (χ1v) is 11.5. The van der Waals surface area contributed by atoms with Gasteiger partial charge in [0.1, 0.15) is 19.0 Å². The van der Waals surface area contributed by atoms with Crippen LogP contribution in [-0.4, -0.2) is 57.0 Å². The molecule has 4 rings (SSSR count). The fourth-order valence-corrected chi connectivity index (χ4v) is 4.30. The Morgan fingerprint density at radius 2 is 1.64 bits per heavy atom. The van der Waals surface area contributed by atoms with Crippen LogP contribution >= 0.6 is 0 Å². The molecule has 0 aromatic heterocycles. The first kappa shape index (κ1) is 23.3. The predicted octanol–water partition coefficient (Wildman–Crippen LogP) is 3.67. The zero-order valence-electron chi connectivity index (χ0n) is 19.2. The molecule has 1 fully saturated rings. The van der Waals surface area contributed by atoms with Crippen molar-refractivity contribution in [2.75, 3.05) is 46.1 Å². The smallest absolute Gasteiger partial charge is 0.315 e. The predicted molar refractivity (Wildman–Crippen MR) is 123 cm³/mol. The number of nitrogens with zero attached hydrogens (tertiary/aromatic N) is 1. The summed E-state index contributed by atoms with van der Waals surface area (Å²) in [7, 11) is 0. The van der Waals surface area contributed by atoms with Gasteiger partial charge in [-0.05, 0) is 41.3 Å². The second-order valence-electron chi connectivity index (χ2n) is 8.69. The zero-order valence-corrected chi connectivity index (χ0v) is 19.2. The molecule has 2 aromatic rings. The number of rotatable bonds is 7. The first-order chi connectivity index (χ1) is 16.0. The monoisotopic (exact) mass is 457 g/mol. The molecule has 0 radical (unpaired) electrons. The Balaban J connectivity index is 1.43. The Kier molecular flexibility index (Phi) is 7.67. The Morgan fingerprint density at radius 1 is 0.970 bits per heavy atom. The summed E-state index contributed by atoms with van der Waals surface area (Å²) in [4.78, 5) is 15.2. The molecule has 7 nitrogen and oxygen atoms in total. The molecule has 2 aliphatic heterocycles. The minimum absolute atomic E-state index is 0.0629. The summed E-state index contributed by atoms with van der Waals surface area (Å²) in [6.45, 7) is 8.40. The maximum absolute atomic E-state index is 13.5. The number of nitrogens with one attached hydrogen (secondary N) is 2. The van der Waals surface area contributed by atoms with Crippen molar-refractivity contribution < 1.29 is 23.4 Å². The molecule has 2 heterocycles. The van der Waals surface area contributed by atoms with E-state index in [1.165, 1.54) is 12.1 Å². The lowest BCUT2D eigenvalue weighted by Crippen LogP contribution is -2.46. The third-order valence-corrected chi connectivity index (χ3v) is 6.08. The van der Waals surface area contributed by atoms with Crippen molar-refractivity contribution in [1.29, 1.82) is 0 Å². The molecule has 2 aliphatic rings. The number of fused-ring (bicyclic) bond motifs is 1. The average Bonchev–Trinajstić information content (AvgIpc) is 2.84. The van der Waals surface area contributed by atoms with Crippen molar-refractivity contribution in [2.24, 2.45) is 5.92 Å². The lowest BCUT2D eigenvalue weighted by molar-refractivity contribution is 0.0166. The number of halogens is 1. The van der Waals surface area contributed by atoms with Crippen molar-refractivity contribution in [3.8, 4) is 11.5 Å². The standard InChI is InChI=1S/C25H32FN3O4/c1-17(2)24(19-5-8-22-23(15-19)33-14-13-32-22)28-25(30)27-16-21(29-9-11-31-12-10-29)18-3-6-20(26)7-4-18/h3-8,15,17,21,24H,9-14,16H2,1-2H3,(H2,27,28,30)/t21-,24-/m1/s1. The molecule has 178 valence electrons. The van der Waals surface area contributed by atoms with E-state index in [2.05, 4.69) is 29.4 Å². The SMILES string of the molecule is CC(C)[C@@H](NC(=O)NC[C@H](c1ccc(F)cc1)N1CCOCC1)c1ccc2c(c1)OCCO2. The van der Waals surface area contributed by atoms with Crippen molar-refractivity contribution in [1.82, 2.24) is 15.5 Å². The van der Waals surface area contributed by atoms with Gasteiger partial charge in [-0.25, -0.2) is 9.18 Å². The molecule has 0 spiro atoms. The van der Waals surface area contributed by atoms with Gasteiger partial charge in [0.05, 0.1) is 25.3 Å². The molecule has 8 heteroatoms. The van der Waals surface area contributed by atoms with Crippen LogP contribution in [0.15, 0.2) is 42.5 Å². The Morgan fingerprint density at radius 3 is 2.33 bits per heavy atom. The Bertz CT molecular complexity index is 932. The van der Waals surface area contributed by atoms with Crippen LogP contribution in [0.2, 0.25) is 0 Å². The van der Waals surface area contributed by atoms with Crippen LogP contribution in [-0.2, 0) is 4.74 Å². The van der Waals surface area contributed by atoms with Crippen LogP contribution < -0.4 is 20.1 Å². The van der Waals surface area contributed by atoms with E-state index in [4.69, 9.17) is 14.2 Å². The second kappa shape index (κ2) is 10.9. The van der Waals surface area contributed by atoms with Gasteiger partial charge in [-0.1, -0.05) is 32.0 Å². The van der Waals surface area contributed by atoms with Crippen molar-refractivity contribution >= 4 is 6.03 Å². The molecule has 2 amide bonds. The van der Waals surface area contributed by atoms with Gasteiger partial charge in [-0.15, -0.1) is 0 Å². The van der Waals surface area contributed by atoms with E-state index in [1.54, 1.807) is 12.1 Å². The molecule has 0 saturated carbocycles.